The smallest absolute Gasteiger partial charge is 0.264 e. The van der Waals surface area contributed by atoms with E-state index >= 15 is 0 Å². The number of nitrogens with one attached hydrogen (secondary N) is 1. The molecule has 0 saturated carbocycles. The fraction of sp³-hybridized carbons (Fsp3) is 0.235. The van der Waals surface area contributed by atoms with Crippen LogP contribution in [-0.2, 0) is 32.6 Å². The molecule has 1 unspecified atom stereocenters. The minimum Gasteiger partial charge on any atom is -0.497 e. The first-order valence-electron chi connectivity index (χ1n) is 14.2. The molecule has 0 aliphatic carbocycles. The number of sulfonamides is 1. The summed E-state index contributed by atoms with van der Waals surface area (Å²) in [4.78, 5) is 29.4. The van der Waals surface area contributed by atoms with Crippen LogP contribution in [-0.4, -0.2) is 51.4 Å². The lowest BCUT2D eigenvalue weighted by atomic mass is 10.0. The SMILES string of the molecule is CCNC(=O)C(Cc1ccccc1)N(Cc1cccc(C)c1)C(=O)CN(c1cccc(Cl)c1)S(=O)(=O)c1ccc(OC)cc1. The van der Waals surface area contributed by atoms with Crippen LogP contribution in [0.25, 0.3) is 0 Å². The van der Waals surface area contributed by atoms with Gasteiger partial charge in [-0.25, -0.2) is 8.42 Å². The fourth-order valence-corrected chi connectivity index (χ4v) is 6.48. The zero-order valence-corrected chi connectivity index (χ0v) is 26.5. The number of anilines is 1. The molecule has 0 radical (unpaired) electrons. The first-order valence-corrected chi connectivity index (χ1v) is 16.0. The Bertz CT molecular complexity index is 1680. The molecular formula is C34H36ClN3O5S. The number of methoxy groups -OCH3 is 1. The van der Waals surface area contributed by atoms with Crippen molar-refractivity contribution in [3.63, 3.8) is 0 Å². The molecular weight excluding hydrogens is 598 g/mol. The van der Waals surface area contributed by atoms with Crippen LogP contribution in [0.5, 0.6) is 5.75 Å². The third kappa shape index (κ3) is 8.18. The quantitative estimate of drug-likeness (QED) is 0.206. The van der Waals surface area contributed by atoms with Gasteiger partial charge in [0.2, 0.25) is 11.8 Å². The monoisotopic (exact) mass is 633 g/mol. The number of rotatable bonds is 13. The summed E-state index contributed by atoms with van der Waals surface area (Å²) in [5, 5.41) is 3.17. The second kappa shape index (κ2) is 14.9. The molecule has 1 atom stereocenters. The van der Waals surface area contributed by atoms with Gasteiger partial charge in [0.15, 0.2) is 0 Å². The van der Waals surface area contributed by atoms with E-state index in [0.29, 0.717) is 17.3 Å². The van der Waals surface area contributed by atoms with E-state index in [4.69, 9.17) is 16.3 Å². The number of carbonyl (C=O) groups is 2. The van der Waals surface area contributed by atoms with Gasteiger partial charge >= 0.3 is 0 Å². The summed E-state index contributed by atoms with van der Waals surface area (Å²) in [5.41, 5.74) is 2.89. The van der Waals surface area contributed by atoms with E-state index < -0.39 is 28.5 Å². The van der Waals surface area contributed by atoms with Crippen LogP contribution in [0.1, 0.15) is 23.6 Å². The van der Waals surface area contributed by atoms with Crippen LogP contribution in [0.15, 0.2) is 108 Å². The number of nitrogens with zero attached hydrogens (tertiary/aromatic N) is 2. The van der Waals surface area contributed by atoms with Gasteiger partial charge in [-0.1, -0.05) is 77.8 Å². The van der Waals surface area contributed by atoms with Gasteiger partial charge in [-0.15, -0.1) is 0 Å². The zero-order valence-electron chi connectivity index (χ0n) is 24.9. The number of ether oxygens (including phenoxy) is 1. The molecule has 2 amide bonds. The third-order valence-electron chi connectivity index (χ3n) is 7.08. The van der Waals surface area contributed by atoms with Crippen LogP contribution >= 0.6 is 11.6 Å². The number of aryl methyl sites for hydroxylation is 1. The highest BCUT2D eigenvalue weighted by Gasteiger charge is 2.34. The Morgan fingerprint density at radius 2 is 1.57 bits per heavy atom. The van der Waals surface area contributed by atoms with Crippen molar-refractivity contribution in [2.24, 2.45) is 0 Å². The van der Waals surface area contributed by atoms with Crippen LogP contribution in [0, 0.1) is 6.92 Å². The molecule has 0 aromatic heterocycles. The Labute approximate surface area is 264 Å². The maximum absolute atomic E-state index is 14.4. The van der Waals surface area contributed by atoms with E-state index in [1.807, 2.05) is 68.4 Å². The summed E-state index contributed by atoms with van der Waals surface area (Å²) in [5.74, 6) is -0.384. The number of carbonyl (C=O) groups excluding carboxylic acids is 2. The molecule has 1 N–H and O–H groups in total. The van der Waals surface area contributed by atoms with Gasteiger partial charge in [0.25, 0.3) is 10.0 Å². The van der Waals surface area contributed by atoms with E-state index in [9.17, 15) is 18.0 Å². The molecule has 0 saturated heterocycles. The second-order valence-electron chi connectivity index (χ2n) is 10.3. The molecule has 10 heteroatoms. The molecule has 4 aromatic rings. The lowest BCUT2D eigenvalue weighted by Gasteiger charge is -2.34. The van der Waals surface area contributed by atoms with Gasteiger partial charge < -0.3 is 15.0 Å². The molecule has 4 rings (SSSR count). The molecule has 0 bridgehead atoms. The molecule has 0 spiro atoms. The summed E-state index contributed by atoms with van der Waals surface area (Å²) < 4.78 is 34.4. The van der Waals surface area contributed by atoms with Crippen molar-refractivity contribution < 1.29 is 22.7 Å². The molecule has 8 nitrogen and oxygen atoms in total. The van der Waals surface area contributed by atoms with Gasteiger partial charge in [0.05, 0.1) is 17.7 Å². The average molecular weight is 634 g/mol. The normalized spacial score (nSPS) is 11.8. The van der Waals surface area contributed by atoms with Crippen molar-refractivity contribution in [2.75, 3.05) is 24.5 Å². The number of halogens is 1. The summed E-state index contributed by atoms with van der Waals surface area (Å²) in [6, 6.07) is 28.4. The Balaban J connectivity index is 1.79. The standard InChI is InChI=1S/C34H36ClN3O5S/c1-4-36-34(40)32(21-26-11-6-5-7-12-26)37(23-27-13-8-10-25(2)20-27)33(39)24-38(29-15-9-14-28(35)22-29)44(41,42)31-18-16-30(43-3)17-19-31/h5-20,22,32H,4,21,23-24H2,1-3H3,(H,36,40). The number of amides is 2. The minimum atomic E-state index is -4.25. The highest BCUT2D eigenvalue weighted by molar-refractivity contribution is 7.92. The molecule has 4 aromatic carbocycles. The molecule has 0 aliphatic heterocycles. The Morgan fingerprint density at radius 1 is 0.886 bits per heavy atom. The molecule has 230 valence electrons. The maximum Gasteiger partial charge on any atom is 0.264 e. The van der Waals surface area contributed by atoms with E-state index in [0.717, 1.165) is 21.0 Å². The van der Waals surface area contributed by atoms with Gasteiger partial charge in [-0.3, -0.25) is 13.9 Å². The lowest BCUT2D eigenvalue weighted by molar-refractivity contribution is -0.140. The van der Waals surface area contributed by atoms with Crippen LogP contribution in [0.2, 0.25) is 5.02 Å². The van der Waals surface area contributed by atoms with Crippen LogP contribution < -0.4 is 14.4 Å². The minimum absolute atomic E-state index is 0.0270. The number of likely N-dealkylation sites (N-methyl/N-ethyl adjacent to an activating group) is 1. The molecule has 44 heavy (non-hydrogen) atoms. The van der Waals surface area contributed by atoms with Crippen molar-refractivity contribution in [1.29, 1.82) is 0 Å². The topological polar surface area (TPSA) is 96.0 Å². The van der Waals surface area contributed by atoms with Gasteiger partial charge in [0.1, 0.15) is 18.3 Å². The third-order valence-corrected chi connectivity index (χ3v) is 9.10. The second-order valence-corrected chi connectivity index (χ2v) is 12.6. The highest BCUT2D eigenvalue weighted by atomic mass is 35.5. The Morgan fingerprint density at radius 3 is 2.20 bits per heavy atom. The first-order chi connectivity index (χ1) is 21.1. The molecule has 0 aliphatic rings. The van der Waals surface area contributed by atoms with E-state index in [2.05, 4.69) is 5.32 Å². The van der Waals surface area contributed by atoms with Crippen molar-refractivity contribution in [2.45, 2.75) is 37.8 Å². The van der Waals surface area contributed by atoms with Crippen LogP contribution in [0.4, 0.5) is 5.69 Å². The maximum atomic E-state index is 14.4. The van der Waals surface area contributed by atoms with E-state index in [1.165, 1.54) is 30.2 Å². The summed E-state index contributed by atoms with van der Waals surface area (Å²) in [6.07, 6.45) is 0.243. The molecule has 0 fully saturated rings. The van der Waals surface area contributed by atoms with Gasteiger partial charge in [-0.2, -0.15) is 0 Å². The summed E-state index contributed by atoms with van der Waals surface area (Å²) in [6.45, 7) is 3.67. The van der Waals surface area contributed by atoms with Crippen molar-refractivity contribution in [3.05, 3.63) is 125 Å². The Kier molecular flexibility index (Phi) is 11.0. The van der Waals surface area contributed by atoms with Crippen molar-refractivity contribution in [3.8, 4) is 5.75 Å². The predicted molar refractivity (Wildman–Crippen MR) is 173 cm³/mol. The summed E-state index contributed by atoms with van der Waals surface area (Å²) in [7, 11) is -2.76. The van der Waals surface area contributed by atoms with Crippen LogP contribution in [0.3, 0.4) is 0 Å². The van der Waals surface area contributed by atoms with E-state index in [-0.39, 0.29) is 29.5 Å². The average Bonchev–Trinajstić information content (AvgIpc) is 3.02. The highest BCUT2D eigenvalue weighted by Crippen LogP contribution is 2.28. The van der Waals surface area contributed by atoms with Crippen molar-refractivity contribution >= 4 is 39.1 Å². The predicted octanol–water partition coefficient (Wildman–Crippen LogP) is 5.63. The van der Waals surface area contributed by atoms with Crippen molar-refractivity contribution in [1.82, 2.24) is 10.2 Å². The van der Waals surface area contributed by atoms with Gasteiger partial charge in [-0.05, 0) is 67.4 Å². The largest absolute Gasteiger partial charge is 0.497 e. The van der Waals surface area contributed by atoms with Gasteiger partial charge in [0, 0.05) is 24.5 Å². The summed E-state index contributed by atoms with van der Waals surface area (Å²) >= 11 is 6.28. The number of hydrogen-bond acceptors (Lipinski definition) is 5. The molecule has 0 heterocycles. The fourth-order valence-electron chi connectivity index (χ4n) is 4.89. The number of hydrogen-bond donors (Lipinski definition) is 1. The lowest BCUT2D eigenvalue weighted by Crippen LogP contribution is -2.53. The zero-order chi connectivity index (χ0) is 31.7. The number of benzene rings is 4. The first kappa shape index (κ1) is 32.6. The Hall–Kier alpha value is -4.34. The van der Waals surface area contributed by atoms with E-state index in [1.54, 1.807) is 30.3 Å².